The number of hydrogen-bond acceptors (Lipinski definition) is 6. The van der Waals surface area contributed by atoms with E-state index in [1.807, 2.05) is 24.3 Å². The number of hydrazone groups is 1. The Labute approximate surface area is 141 Å². The van der Waals surface area contributed by atoms with Gasteiger partial charge in [0.15, 0.2) is 0 Å². The number of phenolic OH excluding ortho intramolecular Hbond substituents is 1. The maximum Gasteiger partial charge on any atom is 0.320 e. The summed E-state index contributed by atoms with van der Waals surface area (Å²) in [5.74, 6) is -0.816. The molecule has 3 aromatic rings. The fourth-order valence-corrected chi connectivity index (χ4v) is 2.40. The van der Waals surface area contributed by atoms with Crippen molar-refractivity contribution in [3.8, 4) is 5.75 Å². The summed E-state index contributed by atoms with van der Waals surface area (Å²) in [6, 6.07) is 10.6. The van der Waals surface area contributed by atoms with Gasteiger partial charge in [0, 0.05) is 12.6 Å². The molecule has 9 nitrogen and oxygen atoms in total. The third kappa shape index (κ3) is 3.15. The first kappa shape index (κ1) is 16.1. The molecule has 0 aliphatic heterocycles. The van der Waals surface area contributed by atoms with E-state index in [-0.39, 0.29) is 11.4 Å². The van der Waals surface area contributed by atoms with Gasteiger partial charge in [-0.2, -0.15) is 10.2 Å². The molecule has 0 radical (unpaired) electrons. The van der Waals surface area contributed by atoms with Crippen molar-refractivity contribution in [3.05, 3.63) is 64.0 Å². The summed E-state index contributed by atoms with van der Waals surface area (Å²) in [5, 5.41) is 30.1. The molecular formula is C16H13N5O4. The molecule has 126 valence electrons. The number of nitrogens with zero attached hydrogens (tertiary/aromatic N) is 4. The molecule has 0 fully saturated rings. The van der Waals surface area contributed by atoms with Crippen LogP contribution in [0.3, 0.4) is 0 Å². The second-order valence-electron chi connectivity index (χ2n) is 5.21. The minimum absolute atomic E-state index is 0.000477. The van der Waals surface area contributed by atoms with Crippen molar-refractivity contribution in [2.45, 2.75) is 0 Å². The van der Waals surface area contributed by atoms with E-state index in [1.165, 1.54) is 24.0 Å². The molecule has 0 spiro atoms. The molecule has 0 saturated carbocycles. The molecular weight excluding hydrogens is 326 g/mol. The predicted molar refractivity (Wildman–Crippen MR) is 90.5 cm³/mol. The van der Waals surface area contributed by atoms with Crippen LogP contribution in [-0.2, 0) is 7.05 Å². The first-order valence-corrected chi connectivity index (χ1v) is 7.19. The van der Waals surface area contributed by atoms with Gasteiger partial charge in [-0.15, -0.1) is 0 Å². The maximum absolute atomic E-state index is 12.1. The molecule has 25 heavy (non-hydrogen) atoms. The van der Waals surface area contributed by atoms with E-state index in [9.17, 15) is 20.0 Å². The van der Waals surface area contributed by atoms with Crippen molar-refractivity contribution < 1.29 is 14.8 Å². The lowest BCUT2D eigenvalue weighted by molar-refractivity contribution is -0.385. The molecule has 0 saturated heterocycles. The number of phenols is 1. The van der Waals surface area contributed by atoms with E-state index in [1.54, 1.807) is 6.07 Å². The summed E-state index contributed by atoms with van der Waals surface area (Å²) < 4.78 is 1.17. The van der Waals surface area contributed by atoms with Crippen LogP contribution in [0.25, 0.3) is 10.8 Å². The van der Waals surface area contributed by atoms with Gasteiger partial charge in [-0.1, -0.05) is 30.3 Å². The van der Waals surface area contributed by atoms with Crippen molar-refractivity contribution in [1.29, 1.82) is 0 Å². The summed E-state index contributed by atoms with van der Waals surface area (Å²) in [4.78, 5) is 22.3. The van der Waals surface area contributed by atoms with Gasteiger partial charge in [-0.25, -0.2) is 5.43 Å². The number of aromatic nitrogens is 2. The highest BCUT2D eigenvalue weighted by Gasteiger charge is 2.24. The lowest BCUT2D eigenvalue weighted by Gasteiger charge is -2.04. The Bertz CT molecular complexity index is 1010. The molecule has 0 bridgehead atoms. The third-order valence-electron chi connectivity index (χ3n) is 3.53. The molecule has 0 aliphatic carbocycles. The third-order valence-corrected chi connectivity index (χ3v) is 3.53. The average molecular weight is 339 g/mol. The Hall–Kier alpha value is -3.75. The number of rotatable bonds is 4. The quantitative estimate of drug-likeness (QED) is 0.427. The number of hydrogen-bond donors (Lipinski definition) is 2. The van der Waals surface area contributed by atoms with Gasteiger partial charge in [0.25, 0.3) is 5.91 Å². The SMILES string of the molecule is Cn1cc([N+](=O)[O-])c(C(=O)N/N=C\c2c(O)ccc3ccccc23)n1. The van der Waals surface area contributed by atoms with Crippen molar-refractivity contribution in [1.82, 2.24) is 15.2 Å². The summed E-state index contributed by atoms with van der Waals surface area (Å²) in [5.41, 5.74) is 1.86. The van der Waals surface area contributed by atoms with Gasteiger partial charge < -0.3 is 5.11 Å². The van der Waals surface area contributed by atoms with Gasteiger partial charge in [0.05, 0.1) is 11.1 Å². The average Bonchev–Trinajstić information content (AvgIpc) is 2.99. The largest absolute Gasteiger partial charge is 0.507 e. The second-order valence-corrected chi connectivity index (χ2v) is 5.21. The lowest BCUT2D eigenvalue weighted by atomic mass is 10.0. The van der Waals surface area contributed by atoms with Crippen LogP contribution >= 0.6 is 0 Å². The van der Waals surface area contributed by atoms with E-state index in [2.05, 4.69) is 15.6 Å². The van der Waals surface area contributed by atoms with Crippen LogP contribution in [0, 0.1) is 10.1 Å². The van der Waals surface area contributed by atoms with E-state index >= 15 is 0 Å². The van der Waals surface area contributed by atoms with Gasteiger partial charge in [0.2, 0.25) is 5.69 Å². The molecule has 1 aromatic heterocycles. The summed E-state index contributed by atoms with van der Waals surface area (Å²) in [7, 11) is 1.47. The Balaban J connectivity index is 1.86. The van der Waals surface area contributed by atoms with Crippen LogP contribution in [0.15, 0.2) is 47.7 Å². The van der Waals surface area contributed by atoms with E-state index in [0.29, 0.717) is 5.56 Å². The van der Waals surface area contributed by atoms with Crippen molar-refractivity contribution in [3.63, 3.8) is 0 Å². The minimum Gasteiger partial charge on any atom is -0.507 e. The van der Waals surface area contributed by atoms with Gasteiger partial charge in [0.1, 0.15) is 11.9 Å². The number of amides is 1. The highest BCUT2D eigenvalue weighted by atomic mass is 16.6. The van der Waals surface area contributed by atoms with Crippen LogP contribution in [0.2, 0.25) is 0 Å². The number of carbonyl (C=O) groups excluding carboxylic acids is 1. The van der Waals surface area contributed by atoms with Crippen molar-refractivity contribution in [2.24, 2.45) is 12.1 Å². The zero-order valence-electron chi connectivity index (χ0n) is 13.1. The maximum atomic E-state index is 12.1. The Morgan fingerprint density at radius 3 is 2.88 bits per heavy atom. The molecule has 0 atom stereocenters. The van der Waals surface area contributed by atoms with Crippen LogP contribution < -0.4 is 5.43 Å². The molecule has 9 heteroatoms. The van der Waals surface area contributed by atoms with Crippen LogP contribution in [-0.4, -0.2) is 31.9 Å². The number of nitro groups is 1. The van der Waals surface area contributed by atoms with Crippen molar-refractivity contribution in [2.75, 3.05) is 0 Å². The summed E-state index contributed by atoms with van der Waals surface area (Å²) >= 11 is 0. The molecule has 0 aliphatic rings. The van der Waals surface area contributed by atoms with Crippen molar-refractivity contribution >= 4 is 28.6 Å². The fourth-order valence-electron chi connectivity index (χ4n) is 2.40. The molecule has 2 aromatic carbocycles. The lowest BCUT2D eigenvalue weighted by Crippen LogP contribution is -2.19. The van der Waals surface area contributed by atoms with Gasteiger partial charge in [-0.3, -0.25) is 19.6 Å². The first-order chi connectivity index (χ1) is 12.0. The number of fused-ring (bicyclic) bond motifs is 1. The highest BCUT2D eigenvalue weighted by Crippen LogP contribution is 2.25. The topological polar surface area (TPSA) is 123 Å². The predicted octanol–water partition coefficient (Wildman–Crippen LogP) is 1.95. The Kier molecular flexibility index (Phi) is 4.12. The summed E-state index contributed by atoms with van der Waals surface area (Å²) in [6.07, 6.45) is 2.42. The normalized spacial score (nSPS) is 11.1. The second kappa shape index (κ2) is 6.40. The van der Waals surface area contributed by atoms with Gasteiger partial charge in [-0.05, 0) is 16.8 Å². The van der Waals surface area contributed by atoms with Crippen LogP contribution in [0.5, 0.6) is 5.75 Å². The number of aromatic hydroxyl groups is 1. The number of nitrogens with one attached hydrogen (secondary N) is 1. The zero-order chi connectivity index (χ0) is 18.0. The number of carbonyl (C=O) groups is 1. The standard InChI is InChI=1S/C16H13N5O4/c1-20-9-13(21(24)25)15(19-20)16(23)18-17-8-12-11-5-3-2-4-10(11)6-7-14(12)22/h2-9,22H,1H3,(H,18,23)/b17-8-. The zero-order valence-corrected chi connectivity index (χ0v) is 13.1. The monoisotopic (exact) mass is 339 g/mol. The Morgan fingerprint density at radius 1 is 1.36 bits per heavy atom. The smallest absolute Gasteiger partial charge is 0.320 e. The molecule has 0 unspecified atom stereocenters. The van der Waals surface area contributed by atoms with Crippen LogP contribution in [0.4, 0.5) is 5.69 Å². The first-order valence-electron chi connectivity index (χ1n) is 7.19. The Morgan fingerprint density at radius 2 is 2.12 bits per heavy atom. The highest BCUT2D eigenvalue weighted by molar-refractivity contribution is 6.03. The fraction of sp³-hybridized carbons (Fsp3) is 0.0625. The van der Waals surface area contributed by atoms with Crippen LogP contribution in [0.1, 0.15) is 16.1 Å². The number of benzene rings is 2. The molecule has 3 rings (SSSR count). The van der Waals surface area contributed by atoms with E-state index < -0.39 is 16.5 Å². The van der Waals surface area contributed by atoms with E-state index in [4.69, 9.17) is 0 Å². The molecule has 2 N–H and O–H groups in total. The molecule has 1 heterocycles. The number of aryl methyl sites for hydroxylation is 1. The minimum atomic E-state index is -0.816. The molecule has 1 amide bonds. The van der Waals surface area contributed by atoms with E-state index in [0.717, 1.165) is 17.0 Å². The van der Waals surface area contributed by atoms with Gasteiger partial charge >= 0.3 is 5.69 Å². The summed E-state index contributed by atoms with van der Waals surface area (Å²) in [6.45, 7) is 0.